The smallest absolute Gasteiger partial charge is 0.417 e. The van der Waals surface area contributed by atoms with Crippen LogP contribution in [0.2, 0.25) is 0 Å². The lowest BCUT2D eigenvalue weighted by Crippen LogP contribution is -2.46. The molecule has 2 atom stereocenters. The van der Waals surface area contributed by atoms with E-state index >= 15 is 0 Å². The van der Waals surface area contributed by atoms with E-state index in [2.05, 4.69) is 4.98 Å². The van der Waals surface area contributed by atoms with E-state index in [1.54, 1.807) is 0 Å². The first-order chi connectivity index (χ1) is 14.9. The number of rotatable bonds is 5. The molecule has 2 aromatic rings. The number of aromatic nitrogens is 1. The zero-order chi connectivity index (χ0) is 23.7. The number of benzene rings is 1. The van der Waals surface area contributed by atoms with Crippen LogP contribution >= 0.6 is 0 Å². The van der Waals surface area contributed by atoms with Gasteiger partial charge in [0.25, 0.3) is 0 Å². The summed E-state index contributed by atoms with van der Waals surface area (Å²) in [5, 5.41) is 9.31. The zero-order valence-corrected chi connectivity index (χ0v) is 16.9. The zero-order valence-electron chi connectivity index (χ0n) is 16.9. The van der Waals surface area contributed by atoms with E-state index < -0.39 is 41.1 Å². The quantitative estimate of drug-likeness (QED) is 0.583. The molecule has 0 saturated carbocycles. The molecule has 0 bridgehead atoms. The SMILES string of the molecule is CC[C@H]1C[C@@H](Oc2ccc(C(F)(F)F)cc2C(=O)O)CCN1c1ccc(C(F)(F)F)cn1. The summed E-state index contributed by atoms with van der Waals surface area (Å²) in [5.74, 6) is -1.32. The van der Waals surface area contributed by atoms with Crippen molar-refractivity contribution in [2.75, 3.05) is 11.4 Å². The lowest BCUT2D eigenvalue weighted by molar-refractivity contribution is -0.138. The van der Waals surface area contributed by atoms with Crippen LogP contribution in [0.3, 0.4) is 0 Å². The molecule has 1 aliphatic rings. The second-order valence-corrected chi connectivity index (χ2v) is 7.44. The average Bonchev–Trinajstić information content (AvgIpc) is 2.72. The number of alkyl halides is 6. The fraction of sp³-hybridized carbons (Fsp3) is 0.429. The first-order valence-electron chi connectivity index (χ1n) is 9.81. The minimum Gasteiger partial charge on any atom is -0.489 e. The number of ether oxygens (including phenoxy) is 1. The third-order valence-electron chi connectivity index (χ3n) is 5.34. The standard InChI is InChI=1S/C21H20F6N2O3/c1-2-14-10-15(7-8-29(14)18-6-4-13(11-28-18)21(25,26)27)32-17-5-3-12(20(22,23)24)9-16(17)19(30)31/h3-6,9,11,14-15H,2,7-8,10H2,1H3,(H,30,31)/t14-,15-/m0/s1. The number of carboxylic acid groups (broad SMARTS) is 1. The van der Waals surface area contributed by atoms with Crippen molar-refractivity contribution in [3.8, 4) is 5.75 Å². The van der Waals surface area contributed by atoms with Gasteiger partial charge >= 0.3 is 18.3 Å². The van der Waals surface area contributed by atoms with Crippen LogP contribution in [0, 0.1) is 0 Å². The van der Waals surface area contributed by atoms with Gasteiger partial charge in [-0.1, -0.05) is 6.92 Å². The number of carbonyl (C=O) groups is 1. The highest BCUT2D eigenvalue weighted by Crippen LogP contribution is 2.35. The summed E-state index contributed by atoms with van der Waals surface area (Å²) < 4.78 is 82.8. The summed E-state index contributed by atoms with van der Waals surface area (Å²) in [4.78, 5) is 17.2. The van der Waals surface area contributed by atoms with Crippen LogP contribution in [0.1, 0.15) is 47.7 Å². The third kappa shape index (κ3) is 5.25. The first kappa shape index (κ1) is 23.7. The molecule has 32 heavy (non-hydrogen) atoms. The molecule has 0 aliphatic carbocycles. The molecule has 1 N–H and O–H groups in total. The van der Waals surface area contributed by atoms with Gasteiger partial charge in [-0.3, -0.25) is 0 Å². The summed E-state index contributed by atoms with van der Waals surface area (Å²) in [7, 11) is 0. The number of pyridine rings is 1. The Morgan fingerprint density at radius 2 is 1.78 bits per heavy atom. The molecule has 3 rings (SSSR count). The molecule has 0 radical (unpaired) electrons. The maximum atomic E-state index is 12.9. The van der Waals surface area contributed by atoms with E-state index in [9.17, 15) is 36.2 Å². The van der Waals surface area contributed by atoms with Gasteiger partial charge in [0, 0.05) is 31.6 Å². The van der Waals surface area contributed by atoms with Gasteiger partial charge in [0.2, 0.25) is 0 Å². The summed E-state index contributed by atoms with van der Waals surface area (Å²) >= 11 is 0. The topological polar surface area (TPSA) is 62.7 Å². The largest absolute Gasteiger partial charge is 0.489 e. The molecule has 0 spiro atoms. The monoisotopic (exact) mass is 462 g/mol. The molecule has 0 amide bonds. The number of hydrogen-bond acceptors (Lipinski definition) is 4. The van der Waals surface area contributed by atoms with E-state index in [-0.39, 0.29) is 11.8 Å². The molecule has 1 aromatic heterocycles. The first-order valence-corrected chi connectivity index (χ1v) is 9.81. The number of nitrogens with zero attached hydrogens (tertiary/aromatic N) is 2. The number of halogens is 6. The fourth-order valence-electron chi connectivity index (χ4n) is 3.69. The molecule has 1 saturated heterocycles. The predicted octanol–water partition coefficient (Wildman–Crippen LogP) is 5.64. The molecule has 1 aromatic carbocycles. The molecule has 1 fully saturated rings. The van der Waals surface area contributed by atoms with Gasteiger partial charge in [0.05, 0.1) is 11.1 Å². The molecule has 2 heterocycles. The van der Waals surface area contributed by atoms with Crippen molar-refractivity contribution in [2.45, 2.75) is 50.7 Å². The summed E-state index contributed by atoms with van der Waals surface area (Å²) in [5.41, 5.74) is -2.52. The van der Waals surface area contributed by atoms with Crippen LogP contribution in [-0.2, 0) is 12.4 Å². The second-order valence-electron chi connectivity index (χ2n) is 7.44. The van der Waals surface area contributed by atoms with Crippen molar-refractivity contribution >= 4 is 11.8 Å². The van der Waals surface area contributed by atoms with E-state index in [1.165, 1.54) is 6.07 Å². The third-order valence-corrected chi connectivity index (χ3v) is 5.34. The summed E-state index contributed by atoms with van der Waals surface area (Å²) in [6.45, 7) is 2.26. The number of aromatic carboxylic acids is 1. The van der Waals surface area contributed by atoms with Crippen molar-refractivity contribution in [1.29, 1.82) is 0 Å². The summed E-state index contributed by atoms with van der Waals surface area (Å²) in [6.07, 6.45) is -7.47. The molecular weight excluding hydrogens is 442 g/mol. The van der Waals surface area contributed by atoms with Gasteiger partial charge < -0.3 is 14.7 Å². The van der Waals surface area contributed by atoms with E-state index in [0.29, 0.717) is 37.7 Å². The van der Waals surface area contributed by atoms with Crippen LogP contribution in [0.25, 0.3) is 0 Å². The lowest BCUT2D eigenvalue weighted by atomic mass is 9.97. The van der Waals surface area contributed by atoms with Crippen molar-refractivity contribution in [3.05, 3.63) is 53.2 Å². The van der Waals surface area contributed by atoms with Crippen LogP contribution in [-0.4, -0.2) is 34.8 Å². The van der Waals surface area contributed by atoms with Crippen molar-refractivity contribution in [1.82, 2.24) is 4.98 Å². The Bertz CT molecular complexity index is 959. The Morgan fingerprint density at radius 1 is 1.12 bits per heavy atom. The Kier molecular flexibility index (Phi) is 6.56. The van der Waals surface area contributed by atoms with Crippen LogP contribution in [0.5, 0.6) is 5.75 Å². The van der Waals surface area contributed by atoms with Crippen LogP contribution < -0.4 is 9.64 Å². The average molecular weight is 462 g/mol. The highest BCUT2D eigenvalue weighted by Gasteiger charge is 2.35. The van der Waals surface area contributed by atoms with Gasteiger partial charge in [-0.2, -0.15) is 26.3 Å². The fourth-order valence-corrected chi connectivity index (χ4v) is 3.69. The van der Waals surface area contributed by atoms with Crippen molar-refractivity contribution < 1.29 is 41.0 Å². The molecule has 0 unspecified atom stereocenters. The Balaban J connectivity index is 1.75. The van der Waals surface area contributed by atoms with Crippen LogP contribution in [0.4, 0.5) is 32.2 Å². The van der Waals surface area contributed by atoms with Crippen molar-refractivity contribution in [2.24, 2.45) is 0 Å². The van der Waals surface area contributed by atoms with Gasteiger partial charge in [0.1, 0.15) is 23.2 Å². The minimum atomic E-state index is -4.68. The Morgan fingerprint density at radius 3 is 2.31 bits per heavy atom. The number of carboxylic acids is 1. The van der Waals surface area contributed by atoms with Gasteiger partial charge in [-0.15, -0.1) is 0 Å². The molecular formula is C21H20F6N2O3. The van der Waals surface area contributed by atoms with Gasteiger partial charge in [-0.05, 0) is 36.8 Å². The van der Waals surface area contributed by atoms with Crippen molar-refractivity contribution in [3.63, 3.8) is 0 Å². The van der Waals surface area contributed by atoms with Gasteiger partial charge in [0.15, 0.2) is 0 Å². The predicted molar refractivity (Wildman–Crippen MR) is 103 cm³/mol. The maximum absolute atomic E-state index is 12.9. The number of anilines is 1. The van der Waals surface area contributed by atoms with E-state index in [4.69, 9.17) is 4.74 Å². The Labute approximate surface area is 179 Å². The maximum Gasteiger partial charge on any atom is 0.417 e. The normalized spacial score (nSPS) is 19.7. The molecule has 1 aliphatic heterocycles. The second kappa shape index (κ2) is 8.87. The van der Waals surface area contributed by atoms with E-state index in [0.717, 1.165) is 24.4 Å². The Hall–Kier alpha value is -2.98. The lowest BCUT2D eigenvalue weighted by Gasteiger charge is -2.40. The molecule has 5 nitrogen and oxygen atoms in total. The van der Waals surface area contributed by atoms with Gasteiger partial charge in [-0.25, -0.2) is 9.78 Å². The number of piperidine rings is 1. The highest BCUT2D eigenvalue weighted by molar-refractivity contribution is 5.91. The molecule has 11 heteroatoms. The molecule has 174 valence electrons. The van der Waals surface area contributed by atoms with E-state index in [1.807, 2.05) is 11.8 Å². The number of hydrogen-bond donors (Lipinski definition) is 1. The highest BCUT2D eigenvalue weighted by atomic mass is 19.4. The summed E-state index contributed by atoms with van der Waals surface area (Å²) in [6, 6.07) is 4.40. The van der Waals surface area contributed by atoms with Crippen LogP contribution in [0.15, 0.2) is 36.5 Å². The minimum absolute atomic E-state index is 0.152.